The zero-order chi connectivity index (χ0) is 10.6. The Morgan fingerprint density at radius 2 is 2.21 bits per heavy atom. The molecule has 0 saturated carbocycles. The van der Waals surface area contributed by atoms with Crippen LogP contribution >= 0.6 is 0 Å². The van der Waals surface area contributed by atoms with Gasteiger partial charge in [-0.3, -0.25) is 4.79 Å². The molecule has 0 amide bonds. The standard InChI is InChI=1S/C11H21NO2/c1-3-9-12-10-7-5-6-8-11(13)14-4-2/h3,12H,1,4-10H2,2H3. The van der Waals surface area contributed by atoms with Crippen LogP contribution in [-0.2, 0) is 9.53 Å². The van der Waals surface area contributed by atoms with Crippen LogP contribution in [0.25, 0.3) is 0 Å². The molecule has 0 aliphatic carbocycles. The van der Waals surface area contributed by atoms with Crippen LogP contribution in [0.2, 0.25) is 0 Å². The van der Waals surface area contributed by atoms with Crippen molar-refractivity contribution in [1.82, 2.24) is 5.32 Å². The summed E-state index contributed by atoms with van der Waals surface area (Å²) in [5.74, 6) is -0.0773. The van der Waals surface area contributed by atoms with Crippen LogP contribution in [0.5, 0.6) is 0 Å². The topological polar surface area (TPSA) is 38.3 Å². The highest BCUT2D eigenvalue weighted by molar-refractivity contribution is 5.69. The van der Waals surface area contributed by atoms with Gasteiger partial charge in [-0.25, -0.2) is 0 Å². The van der Waals surface area contributed by atoms with Crippen molar-refractivity contribution in [3.05, 3.63) is 12.7 Å². The number of esters is 1. The van der Waals surface area contributed by atoms with Gasteiger partial charge in [-0.2, -0.15) is 0 Å². The van der Waals surface area contributed by atoms with Gasteiger partial charge in [0, 0.05) is 13.0 Å². The third-order valence-corrected chi connectivity index (χ3v) is 1.83. The number of carbonyl (C=O) groups excluding carboxylic acids is 1. The van der Waals surface area contributed by atoms with E-state index in [0.717, 1.165) is 32.4 Å². The predicted molar refractivity (Wildman–Crippen MR) is 58.2 cm³/mol. The Labute approximate surface area is 86.5 Å². The SMILES string of the molecule is C=CCNCCCCCC(=O)OCC. The molecule has 0 saturated heterocycles. The summed E-state index contributed by atoms with van der Waals surface area (Å²) in [5, 5.41) is 3.21. The van der Waals surface area contributed by atoms with Gasteiger partial charge in [0.05, 0.1) is 6.61 Å². The Balaban J connectivity index is 3.05. The minimum Gasteiger partial charge on any atom is -0.466 e. The summed E-state index contributed by atoms with van der Waals surface area (Å²) in [7, 11) is 0. The zero-order valence-corrected chi connectivity index (χ0v) is 9.05. The molecule has 0 unspecified atom stereocenters. The minimum atomic E-state index is -0.0773. The number of hydrogen-bond acceptors (Lipinski definition) is 3. The van der Waals surface area contributed by atoms with E-state index >= 15 is 0 Å². The number of nitrogens with one attached hydrogen (secondary N) is 1. The van der Waals surface area contributed by atoms with Crippen molar-refractivity contribution in [2.75, 3.05) is 19.7 Å². The lowest BCUT2D eigenvalue weighted by Crippen LogP contribution is -2.14. The monoisotopic (exact) mass is 199 g/mol. The van der Waals surface area contributed by atoms with Crippen molar-refractivity contribution >= 4 is 5.97 Å². The lowest BCUT2D eigenvalue weighted by molar-refractivity contribution is -0.143. The van der Waals surface area contributed by atoms with E-state index in [1.165, 1.54) is 0 Å². The third kappa shape index (κ3) is 9.26. The molecule has 1 N–H and O–H groups in total. The van der Waals surface area contributed by atoms with Gasteiger partial charge in [0.15, 0.2) is 0 Å². The normalized spacial score (nSPS) is 9.79. The van der Waals surface area contributed by atoms with E-state index < -0.39 is 0 Å². The van der Waals surface area contributed by atoms with E-state index in [2.05, 4.69) is 11.9 Å². The molecule has 82 valence electrons. The van der Waals surface area contributed by atoms with Crippen LogP contribution in [0.1, 0.15) is 32.6 Å². The van der Waals surface area contributed by atoms with Gasteiger partial charge < -0.3 is 10.1 Å². The molecule has 0 atom stereocenters. The van der Waals surface area contributed by atoms with Gasteiger partial charge in [-0.15, -0.1) is 6.58 Å². The van der Waals surface area contributed by atoms with Gasteiger partial charge in [-0.05, 0) is 26.3 Å². The van der Waals surface area contributed by atoms with Gasteiger partial charge in [0.25, 0.3) is 0 Å². The summed E-state index contributed by atoms with van der Waals surface area (Å²) < 4.78 is 4.82. The van der Waals surface area contributed by atoms with Crippen LogP contribution in [0.4, 0.5) is 0 Å². The zero-order valence-electron chi connectivity index (χ0n) is 9.05. The molecular weight excluding hydrogens is 178 g/mol. The quantitative estimate of drug-likeness (QED) is 0.350. The van der Waals surface area contributed by atoms with Crippen molar-refractivity contribution in [1.29, 1.82) is 0 Å². The average Bonchev–Trinajstić information content (AvgIpc) is 2.17. The molecular formula is C11H21NO2. The Morgan fingerprint density at radius 1 is 1.43 bits per heavy atom. The lowest BCUT2D eigenvalue weighted by atomic mass is 10.2. The molecule has 0 aliphatic rings. The summed E-state index contributed by atoms with van der Waals surface area (Å²) in [6.07, 6.45) is 5.50. The van der Waals surface area contributed by atoms with Gasteiger partial charge >= 0.3 is 5.97 Å². The van der Waals surface area contributed by atoms with E-state index in [1.54, 1.807) is 0 Å². The fourth-order valence-electron chi connectivity index (χ4n) is 1.13. The molecule has 0 spiro atoms. The summed E-state index contributed by atoms with van der Waals surface area (Å²) in [4.78, 5) is 10.9. The van der Waals surface area contributed by atoms with Crippen LogP contribution in [0.15, 0.2) is 12.7 Å². The van der Waals surface area contributed by atoms with Crippen molar-refractivity contribution in [2.24, 2.45) is 0 Å². The van der Waals surface area contributed by atoms with Crippen LogP contribution in [-0.4, -0.2) is 25.7 Å². The van der Waals surface area contributed by atoms with Gasteiger partial charge in [0.2, 0.25) is 0 Å². The van der Waals surface area contributed by atoms with E-state index in [-0.39, 0.29) is 5.97 Å². The van der Waals surface area contributed by atoms with Gasteiger partial charge in [0.1, 0.15) is 0 Å². The van der Waals surface area contributed by atoms with Crippen LogP contribution in [0, 0.1) is 0 Å². The van der Waals surface area contributed by atoms with Crippen molar-refractivity contribution in [2.45, 2.75) is 32.6 Å². The number of unbranched alkanes of at least 4 members (excludes halogenated alkanes) is 2. The average molecular weight is 199 g/mol. The highest BCUT2D eigenvalue weighted by Crippen LogP contribution is 2.00. The molecule has 0 aromatic heterocycles. The fourth-order valence-corrected chi connectivity index (χ4v) is 1.13. The molecule has 3 nitrogen and oxygen atoms in total. The highest BCUT2D eigenvalue weighted by atomic mass is 16.5. The van der Waals surface area contributed by atoms with Crippen LogP contribution in [0.3, 0.4) is 0 Å². The number of ether oxygens (including phenoxy) is 1. The van der Waals surface area contributed by atoms with E-state index in [0.29, 0.717) is 13.0 Å². The Morgan fingerprint density at radius 3 is 2.86 bits per heavy atom. The first-order valence-corrected chi connectivity index (χ1v) is 5.28. The maximum Gasteiger partial charge on any atom is 0.305 e. The molecule has 0 aliphatic heterocycles. The summed E-state index contributed by atoms with van der Waals surface area (Å²) in [5.41, 5.74) is 0. The Hall–Kier alpha value is -0.830. The van der Waals surface area contributed by atoms with E-state index in [9.17, 15) is 4.79 Å². The largest absolute Gasteiger partial charge is 0.466 e. The molecule has 0 heterocycles. The molecule has 0 aromatic carbocycles. The van der Waals surface area contributed by atoms with Gasteiger partial charge in [-0.1, -0.05) is 12.5 Å². The van der Waals surface area contributed by atoms with E-state index in [1.807, 2.05) is 13.0 Å². The predicted octanol–water partition coefficient (Wildman–Crippen LogP) is 1.89. The smallest absolute Gasteiger partial charge is 0.305 e. The Bertz CT molecular complexity index is 157. The molecule has 0 rings (SSSR count). The molecule has 0 aromatic rings. The molecule has 3 heteroatoms. The second kappa shape index (κ2) is 10.3. The second-order valence-electron chi connectivity index (χ2n) is 3.11. The van der Waals surface area contributed by atoms with Crippen molar-refractivity contribution < 1.29 is 9.53 Å². The number of rotatable bonds is 9. The first-order chi connectivity index (χ1) is 6.81. The van der Waals surface area contributed by atoms with Crippen molar-refractivity contribution in [3.63, 3.8) is 0 Å². The summed E-state index contributed by atoms with van der Waals surface area (Å²) in [6, 6.07) is 0. The van der Waals surface area contributed by atoms with Crippen LogP contribution < -0.4 is 5.32 Å². The highest BCUT2D eigenvalue weighted by Gasteiger charge is 1.99. The number of carbonyl (C=O) groups is 1. The summed E-state index contributed by atoms with van der Waals surface area (Å²) >= 11 is 0. The third-order valence-electron chi connectivity index (χ3n) is 1.83. The lowest BCUT2D eigenvalue weighted by Gasteiger charge is -2.02. The number of hydrogen-bond donors (Lipinski definition) is 1. The molecule has 0 radical (unpaired) electrons. The maximum atomic E-state index is 10.9. The molecule has 0 fully saturated rings. The first-order valence-electron chi connectivity index (χ1n) is 5.28. The van der Waals surface area contributed by atoms with E-state index in [4.69, 9.17) is 4.74 Å². The summed E-state index contributed by atoms with van der Waals surface area (Å²) in [6.45, 7) is 7.78. The van der Waals surface area contributed by atoms with Crippen molar-refractivity contribution in [3.8, 4) is 0 Å². The fraction of sp³-hybridized carbons (Fsp3) is 0.727. The maximum absolute atomic E-state index is 10.9. The molecule has 0 bridgehead atoms. The Kier molecular flexibility index (Phi) is 9.64. The first kappa shape index (κ1) is 13.2. The minimum absolute atomic E-state index is 0.0773. The second-order valence-corrected chi connectivity index (χ2v) is 3.11. The molecule has 14 heavy (non-hydrogen) atoms.